The summed E-state index contributed by atoms with van der Waals surface area (Å²) in [6.45, 7) is 5.82. The highest BCUT2D eigenvalue weighted by Gasteiger charge is 2.16. The molecule has 8 heteroatoms. The largest absolute Gasteiger partial charge is 0.497 e. The molecule has 0 spiro atoms. The molecule has 0 aliphatic rings. The standard InChI is InChI=1S/C16H23N5O2S/c1-16(2,3)18-14(22)10-24-15-20-19-13(21(15)17)9-11-5-7-12(23-4)8-6-11/h5-8H,9-10,17H2,1-4H3,(H,18,22). The fourth-order valence-electron chi connectivity index (χ4n) is 2.04. The van der Waals surface area contributed by atoms with Gasteiger partial charge < -0.3 is 15.9 Å². The van der Waals surface area contributed by atoms with Crippen LogP contribution in [0.4, 0.5) is 0 Å². The number of nitrogens with one attached hydrogen (secondary N) is 1. The monoisotopic (exact) mass is 349 g/mol. The van der Waals surface area contributed by atoms with Crippen LogP contribution in [-0.2, 0) is 11.2 Å². The van der Waals surface area contributed by atoms with E-state index in [0.29, 0.717) is 17.4 Å². The molecule has 3 N–H and O–H groups in total. The number of carbonyl (C=O) groups is 1. The van der Waals surface area contributed by atoms with E-state index in [1.807, 2.05) is 45.0 Å². The third-order valence-electron chi connectivity index (χ3n) is 3.10. The van der Waals surface area contributed by atoms with E-state index in [4.69, 9.17) is 10.6 Å². The maximum absolute atomic E-state index is 11.9. The molecule has 0 fully saturated rings. The number of thioether (sulfide) groups is 1. The van der Waals surface area contributed by atoms with Crippen molar-refractivity contribution in [1.82, 2.24) is 20.2 Å². The Kier molecular flexibility index (Phi) is 5.71. The zero-order valence-corrected chi connectivity index (χ0v) is 15.2. The lowest BCUT2D eigenvalue weighted by Crippen LogP contribution is -2.41. The number of nitrogen functional groups attached to an aromatic ring is 1. The predicted octanol–water partition coefficient (Wildman–Crippen LogP) is 1.60. The molecule has 0 bridgehead atoms. The minimum absolute atomic E-state index is 0.0628. The third-order valence-corrected chi connectivity index (χ3v) is 4.05. The molecular weight excluding hydrogens is 326 g/mol. The van der Waals surface area contributed by atoms with E-state index in [1.165, 1.54) is 16.4 Å². The summed E-state index contributed by atoms with van der Waals surface area (Å²) in [5.74, 6) is 7.66. The van der Waals surface area contributed by atoms with Crippen LogP contribution in [0.3, 0.4) is 0 Å². The van der Waals surface area contributed by atoms with Crippen LogP contribution in [0.2, 0.25) is 0 Å². The summed E-state index contributed by atoms with van der Waals surface area (Å²) in [5.41, 5.74) is 0.796. The molecule has 1 amide bonds. The van der Waals surface area contributed by atoms with Gasteiger partial charge in [0.05, 0.1) is 12.9 Å². The van der Waals surface area contributed by atoms with Gasteiger partial charge in [0, 0.05) is 12.0 Å². The molecule has 0 unspecified atom stereocenters. The Bertz CT molecular complexity index is 691. The number of benzene rings is 1. The van der Waals surface area contributed by atoms with Crippen molar-refractivity contribution >= 4 is 17.7 Å². The third kappa shape index (κ3) is 5.16. The van der Waals surface area contributed by atoms with Crippen molar-refractivity contribution in [1.29, 1.82) is 0 Å². The predicted molar refractivity (Wildman–Crippen MR) is 94.6 cm³/mol. The first-order valence-corrected chi connectivity index (χ1v) is 8.53. The highest BCUT2D eigenvalue weighted by atomic mass is 32.2. The first-order chi connectivity index (χ1) is 11.3. The van der Waals surface area contributed by atoms with Crippen molar-refractivity contribution in [2.75, 3.05) is 18.7 Å². The molecule has 0 aliphatic carbocycles. The maximum Gasteiger partial charge on any atom is 0.230 e. The smallest absolute Gasteiger partial charge is 0.230 e. The van der Waals surface area contributed by atoms with Crippen LogP contribution in [0.5, 0.6) is 5.75 Å². The Morgan fingerprint density at radius 1 is 1.29 bits per heavy atom. The molecule has 0 saturated carbocycles. The topological polar surface area (TPSA) is 95.1 Å². The lowest BCUT2D eigenvalue weighted by atomic mass is 10.1. The Balaban J connectivity index is 1.96. The van der Waals surface area contributed by atoms with Crippen molar-refractivity contribution in [2.24, 2.45) is 0 Å². The number of aromatic nitrogens is 3. The van der Waals surface area contributed by atoms with Crippen LogP contribution < -0.4 is 15.9 Å². The summed E-state index contributed by atoms with van der Waals surface area (Å²) in [5, 5.41) is 11.6. The number of rotatable bonds is 6. The van der Waals surface area contributed by atoms with Crippen molar-refractivity contribution in [3.05, 3.63) is 35.7 Å². The lowest BCUT2D eigenvalue weighted by molar-refractivity contribution is -0.119. The second-order valence-electron chi connectivity index (χ2n) is 6.38. The van der Waals surface area contributed by atoms with Crippen LogP contribution in [0.25, 0.3) is 0 Å². The molecular formula is C16H23N5O2S. The number of ether oxygens (including phenoxy) is 1. The Morgan fingerprint density at radius 3 is 2.54 bits per heavy atom. The van der Waals surface area contributed by atoms with Crippen LogP contribution in [0, 0.1) is 0 Å². The molecule has 1 aromatic heterocycles. The van der Waals surface area contributed by atoms with Crippen LogP contribution in [0.15, 0.2) is 29.4 Å². The van der Waals surface area contributed by atoms with Gasteiger partial charge in [-0.2, -0.15) is 0 Å². The van der Waals surface area contributed by atoms with Gasteiger partial charge in [-0.1, -0.05) is 23.9 Å². The molecule has 2 aromatic rings. The van der Waals surface area contributed by atoms with Crippen molar-refractivity contribution in [3.63, 3.8) is 0 Å². The van der Waals surface area contributed by atoms with Crippen molar-refractivity contribution in [2.45, 2.75) is 37.9 Å². The fourth-order valence-corrected chi connectivity index (χ4v) is 2.71. The highest BCUT2D eigenvalue weighted by Crippen LogP contribution is 2.18. The van der Waals surface area contributed by atoms with Crippen LogP contribution in [-0.4, -0.2) is 39.2 Å². The average Bonchev–Trinajstić information content (AvgIpc) is 2.85. The Hall–Kier alpha value is -2.22. The number of hydrogen-bond donors (Lipinski definition) is 2. The number of carbonyl (C=O) groups excluding carboxylic acids is 1. The SMILES string of the molecule is COc1ccc(Cc2nnc(SCC(=O)NC(C)(C)C)n2N)cc1. The highest BCUT2D eigenvalue weighted by molar-refractivity contribution is 7.99. The van der Waals surface area contributed by atoms with E-state index in [2.05, 4.69) is 15.5 Å². The van der Waals surface area contributed by atoms with Gasteiger partial charge in [0.15, 0.2) is 5.82 Å². The molecule has 0 radical (unpaired) electrons. The Morgan fingerprint density at radius 2 is 1.96 bits per heavy atom. The van der Waals surface area contributed by atoms with E-state index < -0.39 is 0 Å². The van der Waals surface area contributed by atoms with Gasteiger partial charge >= 0.3 is 0 Å². The normalized spacial score (nSPS) is 11.3. The summed E-state index contributed by atoms with van der Waals surface area (Å²) in [6, 6.07) is 7.69. The minimum Gasteiger partial charge on any atom is -0.497 e. The van der Waals surface area contributed by atoms with Crippen LogP contribution >= 0.6 is 11.8 Å². The second-order valence-corrected chi connectivity index (χ2v) is 7.32. The molecule has 1 aromatic carbocycles. The number of amides is 1. The van der Waals surface area contributed by atoms with E-state index in [0.717, 1.165) is 11.3 Å². The average molecular weight is 349 g/mol. The van der Waals surface area contributed by atoms with E-state index in [1.54, 1.807) is 7.11 Å². The molecule has 1 heterocycles. The first kappa shape index (κ1) is 18.1. The molecule has 2 rings (SSSR count). The number of nitrogens with two attached hydrogens (primary N) is 1. The van der Waals surface area contributed by atoms with Gasteiger partial charge in [-0.3, -0.25) is 4.79 Å². The van der Waals surface area contributed by atoms with Gasteiger partial charge in [-0.05, 0) is 38.5 Å². The summed E-state index contributed by atoms with van der Waals surface area (Å²) in [4.78, 5) is 11.9. The number of methoxy groups -OCH3 is 1. The summed E-state index contributed by atoms with van der Waals surface area (Å²) in [7, 11) is 1.63. The van der Waals surface area contributed by atoms with Gasteiger partial charge in [0.25, 0.3) is 0 Å². The van der Waals surface area contributed by atoms with E-state index in [-0.39, 0.29) is 17.2 Å². The fraction of sp³-hybridized carbons (Fsp3) is 0.438. The molecule has 24 heavy (non-hydrogen) atoms. The summed E-state index contributed by atoms with van der Waals surface area (Å²) < 4.78 is 6.57. The van der Waals surface area contributed by atoms with Gasteiger partial charge in [-0.25, -0.2) is 4.68 Å². The zero-order chi connectivity index (χ0) is 17.7. The van der Waals surface area contributed by atoms with Crippen molar-refractivity contribution in [3.8, 4) is 5.75 Å². The Labute approximate surface area is 145 Å². The van der Waals surface area contributed by atoms with E-state index in [9.17, 15) is 4.79 Å². The van der Waals surface area contributed by atoms with Crippen molar-refractivity contribution < 1.29 is 9.53 Å². The van der Waals surface area contributed by atoms with Gasteiger partial charge in [0.1, 0.15) is 5.75 Å². The second kappa shape index (κ2) is 7.57. The molecule has 0 atom stereocenters. The van der Waals surface area contributed by atoms with E-state index >= 15 is 0 Å². The minimum atomic E-state index is -0.256. The van der Waals surface area contributed by atoms with Gasteiger partial charge in [0.2, 0.25) is 11.1 Å². The first-order valence-electron chi connectivity index (χ1n) is 7.54. The molecule has 0 aliphatic heterocycles. The number of nitrogens with zero attached hydrogens (tertiary/aromatic N) is 3. The molecule has 0 saturated heterocycles. The molecule has 130 valence electrons. The quantitative estimate of drug-likeness (QED) is 0.607. The maximum atomic E-state index is 11.9. The zero-order valence-electron chi connectivity index (χ0n) is 14.4. The van der Waals surface area contributed by atoms with Gasteiger partial charge in [-0.15, -0.1) is 10.2 Å². The summed E-state index contributed by atoms with van der Waals surface area (Å²) in [6.07, 6.45) is 0.558. The van der Waals surface area contributed by atoms with Crippen LogP contribution in [0.1, 0.15) is 32.2 Å². The lowest BCUT2D eigenvalue weighted by Gasteiger charge is -2.20. The number of hydrogen-bond acceptors (Lipinski definition) is 6. The summed E-state index contributed by atoms with van der Waals surface area (Å²) >= 11 is 1.27. The molecule has 7 nitrogen and oxygen atoms in total.